The molecule has 0 aliphatic carbocycles. The van der Waals surface area contributed by atoms with Gasteiger partial charge in [0.2, 0.25) is 0 Å². The third kappa shape index (κ3) is 3.76. The summed E-state index contributed by atoms with van der Waals surface area (Å²) in [5.41, 5.74) is 1.20. The Hall–Kier alpha value is -1.43. The number of rotatable bonds is 5. The molecule has 102 valence electrons. The van der Waals surface area contributed by atoms with Crippen molar-refractivity contribution in [1.29, 1.82) is 0 Å². The molecule has 4 nitrogen and oxygen atoms in total. The highest BCUT2D eigenvalue weighted by Gasteiger charge is 2.09. The summed E-state index contributed by atoms with van der Waals surface area (Å²) in [6.45, 7) is 0.626. The van der Waals surface area contributed by atoms with Crippen LogP contribution in [0.1, 0.15) is 17.2 Å². The van der Waals surface area contributed by atoms with Crippen LogP contribution in [0.15, 0.2) is 30.6 Å². The first kappa shape index (κ1) is 14.0. The molecule has 1 atom stereocenters. The predicted molar refractivity (Wildman–Crippen MR) is 71.3 cm³/mol. The standard InChI is InChI=1S/C13H15ClFN3O/c1-18-8-10(6-17-18)13(19)7-16-5-9-4-11(14)2-3-12(9)15/h2-4,6,8,13,16,19H,5,7H2,1H3/t13-/m1/s1. The van der Waals surface area contributed by atoms with E-state index in [0.717, 1.165) is 5.56 Å². The number of hydrogen-bond donors (Lipinski definition) is 2. The Morgan fingerprint density at radius 1 is 1.53 bits per heavy atom. The summed E-state index contributed by atoms with van der Waals surface area (Å²) in [5.74, 6) is -0.312. The van der Waals surface area contributed by atoms with E-state index in [1.807, 2.05) is 0 Å². The zero-order valence-electron chi connectivity index (χ0n) is 10.5. The first-order valence-electron chi connectivity index (χ1n) is 5.87. The monoisotopic (exact) mass is 283 g/mol. The molecule has 1 aromatic carbocycles. The lowest BCUT2D eigenvalue weighted by Gasteiger charge is -2.10. The van der Waals surface area contributed by atoms with E-state index in [0.29, 0.717) is 23.7 Å². The van der Waals surface area contributed by atoms with Crippen LogP contribution in [0, 0.1) is 5.82 Å². The number of nitrogens with zero attached hydrogens (tertiary/aromatic N) is 2. The van der Waals surface area contributed by atoms with Crippen molar-refractivity contribution in [3.05, 3.63) is 52.6 Å². The van der Waals surface area contributed by atoms with Crippen molar-refractivity contribution < 1.29 is 9.50 Å². The molecule has 0 fully saturated rings. The molecule has 1 aromatic heterocycles. The molecule has 0 spiro atoms. The van der Waals surface area contributed by atoms with E-state index in [9.17, 15) is 9.50 Å². The number of aliphatic hydroxyl groups excluding tert-OH is 1. The van der Waals surface area contributed by atoms with Crippen molar-refractivity contribution in [3.63, 3.8) is 0 Å². The lowest BCUT2D eigenvalue weighted by Crippen LogP contribution is -2.21. The third-order valence-corrected chi connectivity index (χ3v) is 3.01. The van der Waals surface area contributed by atoms with Crippen LogP contribution < -0.4 is 5.32 Å². The van der Waals surface area contributed by atoms with Gasteiger partial charge in [-0.15, -0.1) is 0 Å². The van der Waals surface area contributed by atoms with Gasteiger partial charge in [-0.25, -0.2) is 4.39 Å². The summed E-state index contributed by atoms with van der Waals surface area (Å²) < 4.78 is 15.1. The number of aliphatic hydroxyl groups is 1. The molecule has 0 radical (unpaired) electrons. The third-order valence-electron chi connectivity index (χ3n) is 2.77. The first-order chi connectivity index (χ1) is 9.06. The van der Waals surface area contributed by atoms with E-state index in [1.54, 1.807) is 30.2 Å². The summed E-state index contributed by atoms with van der Waals surface area (Å²) in [6.07, 6.45) is 2.68. The maximum Gasteiger partial charge on any atom is 0.127 e. The fourth-order valence-corrected chi connectivity index (χ4v) is 1.95. The molecule has 2 aromatic rings. The van der Waals surface area contributed by atoms with Crippen molar-refractivity contribution >= 4 is 11.6 Å². The molecule has 19 heavy (non-hydrogen) atoms. The molecule has 0 aliphatic heterocycles. The Morgan fingerprint density at radius 2 is 2.32 bits per heavy atom. The molecule has 6 heteroatoms. The summed E-state index contributed by atoms with van der Waals surface area (Å²) in [6, 6.07) is 4.40. The number of nitrogens with one attached hydrogen (secondary N) is 1. The topological polar surface area (TPSA) is 50.1 Å². The van der Waals surface area contributed by atoms with Crippen LogP contribution in [-0.4, -0.2) is 21.4 Å². The van der Waals surface area contributed by atoms with Gasteiger partial charge < -0.3 is 10.4 Å². The zero-order valence-corrected chi connectivity index (χ0v) is 11.2. The molecule has 2 N–H and O–H groups in total. The number of hydrogen-bond acceptors (Lipinski definition) is 3. The van der Waals surface area contributed by atoms with Crippen LogP contribution >= 0.6 is 11.6 Å². The Balaban J connectivity index is 1.88. The van der Waals surface area contributed by atoms with Crippen molar-refractivity contribution in [2.75, 3.05) is 6.54 Å². The van der Waals surface area contributed by atoms with Crippen molar-refractivity contribution in [3.8, 4) is 0 Å². The van der Waals surface area contributed by atoms with E-state index < -0.39 is 6.10 Å². The lowest BCUT2D eigenvalue weighted by atomic mass is 10.2. The Bertz CT molecular complexity index is 559. The summed E-state index contributed by atoms with van der Waals surface area (Å²) >= 11 is 5.80. The van der Waals surface area contributed by atoms with Crippen LogP contribution in [-0.2, 0) is 13.6 Å². The lowest BCUT2D eigenvalue weighted by molar-refractivity contribution is 0.174. The molecule has 0 saturated heterocycles. The molecule has 2 rings (SSSR count). The van der Waals surface area contributed by atoms with Crippen molar-refractivity contribution in [2.24, 2.45) is 7.05 Å². The molecular formula is C13H15ClFN3O. The van der Waals surface area contributed by atoms with Gasteiger partial charge in [-0.05, 0) is 18.2 Å². The minimum Gasteiger partial charge on any atom is -0.387 e. The largest absolute Gasteiger partial charge is 0.387 e. The fourth-order valence-electron chi connectivity index (χ4n) is 1.75. The van der Waals surface area contributed by atoms with E-state index in [4.69, 9.17) is 11.6 Å². The van der Waals surface area contributed by atoms with E-state index in [1.165, 1.54) is 12.1 Å². The van der Waals surface area contributed by atoms with Crippen LogP contribution in [0.5, 0.6) is 0 Å². The van der Waals surface area contributed by atoms with Crippen LogP contribution in [0.4, 0.5) is 4.39 Å². The van der Waals surface area contributed by atoms with Crippen molar-refractivity contribution in [1.82, 2.24) is 15.1 Å². The Labute approximate surface area is 115 Å². The smallest absolute Gasteiger partial charge is 0.127 e. The van der Waals surface area contributed by atoms with Crippen LogP contribution in [0.2, 0.25) is 5.02 Å². The molecule has 0 bridgehead atoms. The van der Waals surface area contributed by atoms with E-state index >= 15 is 0 Å². The highest BCUT2D eigenvalue weighted by atomic mass is 35.5. The summed E-state index contributed by atoms with van der Waals surface area (Å²) in [7, 11) is 1.78. The maximum atomic E-state index is 13.4. The van der Waals surface area contributed by atoms with Gasteiger partial charge in [0.05, 0.1) is 12.3 Å². The average Bonchev–Trinajstić information content (AvgIpc) is 2.80. The van der Waals surface area contributed by atoms with Crippen molar-refractivity contribution in [2.45, 2.75) is 12.6 Å². The molecule has 0 aliphatic rings. The molecule has 0 saturated carbocycles. The molecular weight excluding hydrogens is 269 g/mol. The van der Waals surface area contributed by atoms with Gasteiger partial charge in [0.25, 0.3) is 0 Å². The zero-order chi connectivity index (χ0) is 13.8. The fraction of sp³-hybridized carbons (Fsp3) is 0.308. The number of benzene rings is 1. The second-order valence-electron chi connectivity index (χ2n) is 4.33. The van der Waals surface area contributed by atoms with Gasteiger partial charge in [-0.2, -0.15) is 5.10 Å². The molecule has 0 unspecified atom stereocenters. The quantitative estimate of drug-likeness (QED) is 0.883. The van der Waals surface area contributed by atoms with Gasteiger partial charge >= 0.3 is 0 Å². The van der Waals surface area contributed by atoms with Gasteiger partial charge in [0.15, 0.2) is 0 Å². The Kier molecular flexibility index (Phi) is 4.52. The number of halogens is 2. The number of aryl methyl sites for hydroxylation is 1. The highest BCUT2D eigenvalue weighted by molar-refractivity contribution is 6.30. The minimum absolute atomic E-state index is 0.309. The average molecular weight is 284 g/mol. The van der Waals surface area contributed by atoms with Gasteiger partial charge in [0, 0.05) is 42.5 Å². The predicted octanol–water partition coefficient (Wildman–Crippen LogP) is 2.04. The van der Waals surface area contributed by atoms with Crippen LogP contribution in [0.25, 0.3) is 0 Å². The number of aromatic nitrogens is 2. The SMILES string of the molecule is Cn1cc([C@H](O)CNCc2cc(Cl)ccc2F)cn1. The molecule has 1 heterocycles. The minimum atomic E-state index is -0.670. The highest BCUT2D eigenvalue weighted by Crippen LogP contribution is 2.15. The molecule has 0 amide bonds. The summed E-state index contributed by atoms with van der Waals surface area (Å²) in [4.78, 5) is 0. The second-order valence-corrected chi connectivity index (χ2v) is 4.77. The van der Waals surface area contributed by atoms with E-state index in [2.05, 4.69) is 10.4 Å². The Morgan fingerprint density at radius 3 is 3.00 bits per heavy atom. The van der Waals surface area contributed by atoms with Gasteiger partial charge in [-0.3, -0.25) is 4.68 Å². The normalized spacial score (nSPS) is 12.6. The maximum absolute atomic E-state index is 13.4. The summed E-state index contributed by atoms with van der Waals surface area (Å²) in [5, 5.41) is 17.4. The van der Waals surface area contributed by atoms with Crippen LogP contribution in [0.3, 0.4) is 0 Å². The first-order valence-corrected chi connectivity index (χ1v) is 6.25. The second kappa shape index (κ2) is 6.14. The van der Waals surface area contributed by atoms with E-state index in [-0.39, 0.29) is 5.82 Å². The van der Waals surface area contributed by atoms with Gasteiger partial charge in [-0.1, -0.05) is 11.6 Å². The van der Waals surface area contributed by atoms with Gasteiger partial charge in [0.1, 0.15) is 5.82 Å².